The van der Waals surface area contributed by atoms with Crippen molar-refractivity contribution in [3.63, 3.8) is 0 Å². The highest BCUT2D eigenvalue weighted by Gasteiger charge is 2.50. The number of carbonyl (C=O) groups is 1. The van der Waals surface area contributed by atoms with Crippen LogP contribution >= 0.6 is 22.6 Å². The van der Waals surface area contributed by atoms with Crippen LogP contribution in [-0.2, 0) is 11.3 Å². The van der Waals surface area contributed by atoms with Gasteiger partial charge >= 0.3 is 0 Å². The fourth-order valence-corrected chi connectivity index (χ4v) is 5.63. The van der Waals surface area contributed by atoms with Crippen molar-refractivity contribution in [2.75, 3.05) is 11.4 Å². The Kier molecular flexibility index (Phi) is 3.86. The van der Waals surface area contributed by atoms with Gasteiger partial charge in [-0.05, 0) is 71.3 Å². The Labute approximate surface area is 162 Å². The number of nitrogens with zero attached hydrogens (tertiary/aromatic N) is 2. The number of benzene rings is 2. The molecule has 0 bridgehead atoms. The third kappa shape index (κ3) is 2.53. The van der Waals surface area contributed by atoms with E-state index in [0.29, 0.717) is 30.3 Å². The third-order valence-corrected chi connectivity index (χ3v) is 6.76. The molecule has 0 aromatic heterocycles. The predicted octanol–water partition coefficient (Wildman–Crippen LogP) is 4.36. The van der Waals surface area contributed by atoms with Crippen molar-refractivity contribution in [1.82, 2.24) is 4.90 Å². The second-order valence-electron chi connectivity index (χ2n) is 7.43. The summed E-state index contributed by atoms with van der Waals surface area (Å²) in [5.74, 6) is 0.883. The van der Waals surface area contributed by atoms with E-state index in [1.807, 2.05) is 0 Å². The van der Waals surface area contributed by atoms with Crippen molar-refractivity contribution in [3.8, 4) is 0 Å². The second kappa shape index (κ2) is 6.09. The lowest BCUT2D eigenvalue weighted by molar-refractivity contribution is -0.117. The Morgan fingerprint density at radius 1 is 1.08 bits per heavy atom. The summed E-state index contributed by atoms with van der Waals surface area (Å²) in [5, 5.41) is 0. The molecule has 3 nitrogen and oxygen atoms in total. The third-order valence-electron chi connectivity index (χ3n) is 6.09. The molecule has 3 aliphatic heterocycles. The molecular formula is C21H21IN2O. The topological polar surface area (TPSA) is 23.6 Å². The molecule has 1 amide bonds. The number of fused-ring (bicyclic) bond motifs is 6. The van der Waals surface area contributed by atoms with Crippen molar-refractivity contribution in [2.24, 2.45) is 5.92 Å². The predicted molar refractivity (Wildman–Crippen MR) is 107 cm³/mol. The van der Waals surface area contributed by atoms with Gasteiger partial charge in [0.25, 0.3) is 0 Å². The van der Waals surface area contributed by atoms with Crippen LogP contribution in [0.3, 0.4) is 0 Å². The largest absolute Gasteiger partial charge is 0.309 e. The van der Waals surface area contributed by atoms with Gasteiger partial charge in [0.2, 0.25) is 5.91 Å². The van der Waals surface area contributed by atoms with Gasteiger partial charge in [0.1, 0.15) is 0 Å². The zero-order valence-electron chi connectivity index (χ0n) is 14.1. The molecule has 3 heterocycles. The molecule has 128 valence electrons. The molecule has 0 N–H and O–H groups in total. The quantitative estimate of drug-likeness (QED) is 0.643. The van der Waals surface area contributed by atoms with Crippen molar-refractivity contribution >= 4 is 34.2 Å². The van der Waals surface area contributed by atoms with Crippen LogP contribution in [0.5, 0.6) is 0 Å². The number of hydrogen-bond acceptors (Lipinski definition) is 2. The molecule has 0 radical (unpaired) electrons. The second-order valence-corrected chi connectivity index (χ2v) is 8.67. The number of anilines is 1. The Morgan fingerprint density at radius 3 is 2.76 bits per heavy atom. The molecule has 3 aliphatic rings. The van der Waals surface area contributed by atoms with Crippen LogP contribution in [0.15, 0.2) is 48.5 Å². The van der Waals surface area contributed by atoms with E-state index in [1.54, 1.807) is 0 Å². The first-order chi connectivity index (χ1) is 12.2. The summed E-state index contributed by atoms with van der Waals surface area (Å²) in [4.78, 5) is 17.3. The van der Waals surface area contributed by atoms with Crippen LogP contribution < -0.4 is 4.90 Å². The number of amides is 1. The van der Waals surface area contributed by atoms with E-state index >= 15 is 0 Å². The summed E-state index contributed by atoms with van der Waals surface area (Å²) < 4.78 is 1.26. The summed E-state index contributed by atoms with van der Waals surface area (Å²) in [6.07, 6.45) is 2.92. The highest BCUT2D eigenvalue weighted by molar-refractivity contribution is 14.1. The van der Waals surface area contributed by atoms with Gasteiger partial charge in [-0.25, -0.2) is 0 Å². The van der Waals surface area contributed by atoms with Crippen LogP contribution in [0.1, 0.15) is 36.4 Å². The fraction of sp³-hybridized carbons (Fsp3) is 0.381. The highest BCUT2D eigenvalue weighted by atomic mass is 127. The van der Waals surface area contributed by atoms with Crippen LogP contribution in [-0.4, -0.2) is 23.4 Å². The summed E-state index contributed by atoms with van der Waals surface area (Å²) in [6, 6.07) is 18.2. The van der Waals surface area contributed by atoms with Gasteiger partial charge in [-0.2, -0.15) is 0 Å². The summed E-state index contributed by atoms with van der Waals surface area (Å²) in [5.41, 5.74) is 3.89. The SMILES string of the molecule is O=C1CC[C@H]2[C@@H]3CCN(Cc4ccccc4)[C@@H]3c3cc(I)ccc3N12. The Hall–Kier alpha value is -1.40. The minimum atomic E-state index is 0.312. The molecule has 25 heavy (non-hydrogen) atoms. The average molecular weight is 444 g/mol. The molecule has 0 spiro atoms. The summed E-state index contributed by atoms with van der Waals surface area (Å²) in [6.45, 7) is 2.11. The van der Waals surface area contributed by atoms with E-state index in [4.69, 9.17) is 0 Å². The normalized spacial score (nSPS) is 28.0. The Bertz CT molecular complexity index is 822. The first kappa shape index (κ1) is 15.8. The number of halogens is 1. The van der Waals surface area contributed by atoms with E-state index in [-0.39, 0.29) is 0 Å². The van der Waals surface area contributed by atoms with Gasteiger partial charge < -0.3 is 4.90 Å². The van der Waals surface area contributed by atoms with E-state index in [2.05, 4.69) is 80.9 Å². The standard InChI is InChI=1S/C21H21IN2O/c22-15-6-7-19-17(12-15)21-16(18-8-9-20(25)24(18)19)10-11-23(21)13-14-4-2-1-3-5-14/h1-7,12,16,18,21H,8-11,13H2/t16-,18-,21-/m0/s1. The first-order valence-corrected chi connectivity index (χ1v) is 10.2. The van der Waals surface area contributed by atoms with Gasteiger partial charge in [-0.3, -0.25) is 9.69 Å². The molecule has 2 aromatic rings. The van der Waals surface area contributed by atoms with Crippen molar-refractivity contribution in [3.05, 3.63) is 63.2 Å². The lowest BCUT2D eigenvalue weighted by atomic mass is 9.81. The highest BCUT2D eigenvalue weighted by Crippen LogP contribution is 2.52. The number of hydrogen-bond donors (Lipinski definition) is 0. The molecule has 5 rings (SSSR count). The van der Waals surface area contributed by atoms with E-state index in [1.165, 1.54) is 21.1 Å². The molecule has 2 saturated heterocycles. The molecular weight excluding hydrogens is 423 g/mol. The smallest absolute Gasteiger partial charge is 0.227 e. The summed E-state index contributed by atoms with van der Waals surface area (Å²) >= 11 is 2.39. The monoisotopic (exact) mass is 444 g/mol. The van der Waals surface area contributed by atoms with Crippen molar-refractivity contribution in [1.29, 1.82) is 0 Å². The first-order valence-electron chi connectivity index (χ1n) is 9.12. The number of rotatable bonds is 2. The van der Waals surface area contributed by atoms with Crippen LogP contribution in [0.2, 0.25) is 0 Å². The Morgan fingerprint density at radius 2 is 1.92 bits per heavy atom. The lowest BCUT2D eigenvalue weighted by Crippen LogP contribution is -2.45. The Balaban J connectivity index is 1.57. The fourth-order valence-electron chi connectivity index (χ4n) is 5.11. The molecule has 0 unspecified atom stereocenters. The lowest BCUT2D eigenvalue weighted by Gasteiger charge is -2.42. The number of likely N-dealkylation sites (tertiary alicyclic amines) is 1. The van der Waals surface area contributed by atoms with Crippen molar-refractivity contribution in [2.45, 2.75) is 37.9 Å². The molecule has 0 saturated carbocycles. The van der Waals surface area contributed by atoms with E-state index < -0.39 is 0 Å². The van der Waals surface area contributed by atoms with Gasteiger partial charge in [0.05, 0.1) is 0 Å². The van der Waals surface area contributed by atoms with E-state index in [9.17, 15) is 4.79 Å². The minimum Gasteiger partial charge on any atom is -0.309 e. The molecule has 4 heteroatoms. The maximum absolute atomic E-state index is 12.5. The van der Waals surface area contributed by atoms with Crippen LogP contribution in [0.4, 0.5) is 5.69 Å². The molecule has 2 aromatic carbocycles. The van der Waals surface area contributed by atoms with Crippen LogP contribution in [0, 0.1) is 9.49 Å². The zero-order valence-corrected chi connectivity index (χ0v) is 16.2. The molecule has 3 atom stereocenters. The minimum absolute atomic E-state index is 0.312. The maximum Gasteiger partial charge on any atom is 0.227 e. The van der Waals surface area contributed by atoms with E-state index in [0.717, 1.165) is 25.2 Å². The van der Waals surface area contributed by atoms with Crippen LogP contribution in [0.25, 0.3) is 0 Å². The molecule has 0 aliphatic carbocycles. The summed E-state index contributed by atoms with van der Waals surface area (Å²) in [7, 11) is 0. The number of carbonyl (C=O) groups excluding carboxylic acids is 1. The van der Waals surface area contributed by atoms with Gasteiger partial charge in [0.15, 0.2) is 0 Å². The maximum atomic E-state index is 12.5. The zero-order chi connectivity index (χ0) is 17.0. The van der Waals surface area contributed by atoms with Crippen molar-refractivity contribution < 1.29 is 4.79 Å². The van der Waals surface area contributed by atoms with Gasteiger partial charge in [-0.1, -0.05) is 30.3 Å². The van der Waals surface area contributed by atoms with Gasteiger partial charge in [0, 0.05) is 40.2 Å². The van der Waals surface area contributed by atoms with Gasteiger partial charge in [-0.15, -0.1) is 0 Å². The average Bonchev–Trinajstić information content (AvgIpc) is 3.20. The molecule has 2 fully saturated rings.